The van der Waals surface area contributed by atoms with Crippen molar-refractivity contribution in [2.45, 2.75) is 71.2 Å². The number of para-hydroxylation sites is 1. The fourth-order valence-corrected chi connectivity index (χ4v) is 3.75. The lowest BCUT2D eigenvalue weighted by molar-refractivity contribution is -0.263. The number of aliphatic imine (C=N–C) groups is 1. The number of ether oxygens (including phenoxy) is 5. The number of nitrogens with zero attached hydrogens (tertiary/aromatic N) is 1. The Balaban J connectivity index is 2.08. The average molecular weight is 630 g/mol. The number of carbonyl (C=O) groups is 3. The maximum absolute atomic E-state index is 14.3. The molecule has 0 amide bonds. The van der Waals surface area contributed by atoms with Crippen LogP contribution in [-0.4, -0.2) is 54.6 Å². The molecule has 0 saturated heterocycles. The topological polar surface area (TPSA) is 110 Å². The van der Waals surface area contributed by atoms with Crippen LogP contribution in [0.15, 0.2) is 96.0 Å². The van der Waals surface area contributed by atoms with Crippen molar-refractivity contribution in [3.63, 3.8) is 0 Å². The normalized spacial score (nSPS) is 13.9. The van der Waals surface area contributed by atoms with Gasteiger partial charge in [0.05, 0.1) is 30.4 Å². The Labute approximate surface area is 258 Å². The molecule has 3 aromatic carbocycles. The molecule has 0 N–H and O–H groups in total. The van der Waals surface area contributed by atoms with Crippen LogP contribution in [0.2, 0.25) is 0 Å². The molecule has 3 atom stereocenters. The number of alkyl halides is 3. The summed E-state index contributed by atoms with van der Waals surface area (Å²) in [6.45, 7) is 4.12. The van der Waals surface area contributed by atoms with Gasteiger partial charge in [0, 0.05) is 6.42 Å². The number of carbonyl (C=O) groups excluding carboxylic acids is 3. The van der Waals surface area contributed by atoms with Gasteiger partial charge in [0.15, 0.2) is 6.10 Å². The van der Waals surface area contributed by atoms with Crippen molar-refractivity contribution in [1.82, 2.24) is 0 Å². The first-order valence-corrected chi connectivity index (χ1v) is 14.1. The Kier molecular flexibility index (Phi) is 13.3. The molecule has 3 rings (SSSR count). The smallest absolute Gasteiger partial charge is 0.441 e. The van der Waals surface area contributed by atoms with Gasteiger partial charge < -0.3 is 28.5 Å². The van der Waals surface area contributed by atoms with Crippen LogP contribution in [0.4, 0.5) is 18.9 Å². The number of Topliss-reactive ketones (excluding diaryl/α,β-unsaturated/α-hetero) is 1. The summed E-state index contributed by atoms with van der Waals surface area (Å²) in [5.41, 5.74) is 0.599. The van der Waals surface area contributed by atoms with E-state index in [-0.39, 0.29) is 36.5 Å². The largest absolute Gasteiger partial charge is 0.468 e. The molecule has 0 aromatic heterocycles. The number of hydrogen-bond acceptors (Lipinski definition) is 9. The zero-order chi connectivity index (χ0) is 32.8. The molecule has 0 spiro atoms. The number of halogens is 3. The van der Waals surface area contributed by atoms with Gasteiger partial charge in [-0.05, 0) is 50.6 Å². The van der Waals surface area contributed by atoms with Gasteiger partial charge in [0.25, 0.3) is 12.2 Å². The third kappa shape index (κ3) is 12.2. The minimum atomic E-state index is -5.09. The second kappa shape index (κ2) is 17.1. The predicted octanol–water partition coefficient (Wildman–Crippen LogP) is 6.73. The summed E-state index contributed by atoms with van der Waals surface area (Å²) in [6, 6.07) is 23.5. The first-order chi connectivity index (χ1) is 21.4. The Morgan fingerprint density at radius 2 is 1.33 bits per heavy atom. The lowest BCUT2D eigenvalue weighted by Crippen LogP contribution is -2.49. The molecule has 0 heterocycles. The van der Waals surface area contributed by atoms with E-state index in [1.807, 2.05) is 0 Å². The van der Waals surface area contributed by atoms with Gasteiger partial charge in [-0.15, -0.1) is 0 Å². The van der Waals surface area contributed by atoms with Crippen LogP contribution in [0.3, 0.4) is 0 Å². The summed E-state index contributed by atoms with van der Waals surface area (Å²) in [6.07, 6.45) is -12.1. The molecule has 0 saturated carbocycles. The van der Waals surface area contributed by atoms with E-state index in [0.717, 1.165) is 0 Å². The highest BCUT2D eigenvalue weighted by Crippen LogP contribution is 2.27. The standard InChI is InChI=1S/C33H34F3NO8/c1-22(2)42-30(45-32(33(34,35)36)37-26-17-11-6-12-18-26)28(41-21-24-13-7-4-8-14-24)31(43-27(39)20-19-23(3)38)44-29(40)25-15-9-5-10-16-25/h4-18,22,28,30-31H,19-21H2,1-3H3/b37-32+/t28?,30-,31+/m0/s1. The molecule has 1 unspecified atom stereocenters. The van der Waals surface area contributed by atoms with Crippen molar-refractivity contribution in [3.8, 4) is 0 Å². The van der Waals surface area contributed by atoms with Crippen LogP contribution in [0.5, 0.6) is 0 Å². The second-order valence-corrected chi connectivity index (χ2v) is 10.0. The van der Waals surface area contributed by atoms with Crippen molar-refractivity contribution in [3.05, 3.63) is 102 Å². The van der Waals surface area contributed by atoms with Crippen molar-refractivity contribution in [2.24, 2.45) is 4.99 Å². The molecular weight excluding hydrogens is 595 g/mol. The van der Waals surface area contributed by atoms with Gasteiger partial charge in [0.2, 0.25) is 6.29 Å². The lowest BCUT2D eigenvalue weighted by atomic mass is 10.2. The van der Waals surface area contributed by atoms with E-state index in [0.29, 0.717) is 5.56 Å². The summed E-state index contributed by atoms with van der Waals surface area (Å²) >= 11 is 0. The molecule has 240 valence electrons. The Hall–Kier alpha value is -4.55. The number of esters is 2. The van der Waals surface area contributed by atoms with E-state index in [1.54, 1.807) is 54.6 Å². The van der Waals surface area contributed by atoms with Gasteiger partial charge in [-0.3, -0.25) is 4.79 Å². The SMILES string of the molecule is CC(=O)CCC(=O)O[C@H](OC(=O)c1ccccc1)C(OCc1ccccc1)[C@H](O/C(=N/c1ccccc1)C(F)(F)F)OC(C)C. The zero-order valence-corrected chi connectivity index (χ0v) is 24.9. The average Bonchev–Trinajstić information content (AvgIpc) is 3.00. The van der Waals surface area contributed by atoms with E-state index in [2.05, 4.69) is 4.99 Å². The maximum Gasteiger partial charge on any atom is 0.468 e. The molecule has 9 nitrogen and oxygen atoms in total. The quantitative estimate of drug-likeness (QED) is 0.0788. The molecule has 45 heavy (non-hydrogen) atoms. The summed E-state index contributed by atoms with van der Waals surface area (Å²) in [7, 11) is 0. The van der Waals surface area contributed by atoms with Crippen LogP contribution < -0.4 is 0 Å². The molecule has 0 radical (unpaired) electrons. The molecular formula is C33H34F3NO8. The van der Waals surface area contributed by atoms with Crippen molar-refractivity contribution < 1.29 is 51.2 Å². The van der Waals surface area contributed by atoms with E-state index >= 15 is 0 Å². The number of ketones is 1. The van der Waals surface area contributed by atoms with Crippen molar-refractivity contribution in [2.75, 3.05) is 0 Å². The highest BCUT2D eigenvalue weighted by molar-refractivity contribution is 5.89. The Morgan fingerprint density at radius 1 is 0.756 bits per heavy atom. The molecule has 0 aliphatic carbocycles. The molecule has 0 aliphatic rings. The van der Waals surface area contributed by atoms with Crippen LogP contribution in [0.25, 0.3) is 0 Å². The minimum absolute atomic E-state index is 0.0578. The van der Waals surface area contributed by atoms with Gasteiger partial charge in [-0.1, -0.05) is 66.7 Å². The zero-order valence-electron chi connectivity index (χ0n) is 24.9. The second-order valence-electron chi connectivity index (χ2n) is 10.0. The van der Waals surface area contributed by atoms with E-state index in [9.17, 15) is 27.6 Å². The van der Waals surface area contributed by atoms with Gasteiger partial charge in [-0.25, -0.2) is 9.79 Å². The minimum Gasteiger partial charge on any atom is -0.441 e. The highest BCUT2D eigenvalue weighted by Gasteiger charge is 2.45. The Morgan fingerprint density at radius 3 is 1.89 bits per heavy atom. The summed E-state index contributed by atoms with van der Waals surface area (Å²) < 4.78 is 70.9. The monoisotopic (exact) mass is 629 g/mol. The first-order valence-electron chi connectivity index (χ1n) is 14.1. The van der Waals surface area contributed by atoms with Crippen LogP contribution in [0.1, 0.15) is 49.5 Å². The van der Waals surface area contributed by atoms with E-state index < -0.39 is 48.8 Å². The van der Waals surface area contributed by atoms with Gasteiger partial charge in [-0.2, -0.15) is 13.2 Å². The van der Waals surface area contributed by atoms with Crippen LogP contribution in [-0.2, 0) is 39.9 Å². The lowest BCUT2D eigenvalue weighted by Gasteiger charge is -2.33. The van der Waals surface area contributed by atoms with Crippen LogP contribution >= 0.6 is 0 Å². The molecule has 3 aromatic rings. The van der Waals surface area contributed by atoms with E-state index in [4.69, 9.17) is 23.7 Å². The van der Waals surface area contributed by atoms with Crippen LogP contribution in [0, 0.1) is 0 Å². The van der Waals surface area contributed by atoms with Gasteiger partial charge in [0.1, 0.15) is 5.78 Å². The van der Waals surface area contributed by atoms with Crippen molar-refractivity contribution in [1.29, 1.82) is 0 Å². The fourth-order valence-electron chi connectivity index (χ4n) is 3.75. The first kappa shape index (κ1) is 34.9. The van der Waals surface area contributed by atoms with E-state index in [1.165, 1.54) is 57.2 Å². The Bertz CT molecular complexity index is 1400. The summed E-state index contributed by atoms with van der Waals surface area (Å²) in [5, 5.41) is 0. The highest BCUT2D eigenvalue weighted by atomic mass is 19.4. The molecule has 0 aliphatic heterocycles. The van der Waals surface area contributed by atoms with Gasteiger partial charge >= 0.3 is 18.1 Å². The van der Waals surface area contributed by atoms with Crippen molar-refractivity contribution >= 4 is 29.3 Å². The number of rotatable bonds is 15. The number of hydrogen-bond donors (Lipinski definition) is 0. The third-order valence-electron chi connectivity index (χ3n) is 5.85. The molecule has 0 bridgehead atoms. The fraction of sp³-hybridized carbons (Fsp3) is 0.333. The maximum atomic E-state index is 14.3. The summed E-state index contributed by atoms with van der Waals surface area (Å²) in [4.78, 5) is 41.1. The molecule has 0 fully saturated rings. The summed E-state index contributed by atoms with van der Waals surface area (Å²) in [5.74, 6) is -3.92. The predicted molar refractivity (Wildman–Crippen MR) is 157 cm³/mol. The molecule has 12 heteroatoms. The third-order valence-corrected chi connectivity index (χ3v) is 5.85. The number of benzene rings is 3.